The van der Waals surface area contributed by atoms with Gasteiger partial charge in [-0.2, -0.15) is 15.3 Å². The SMILES string of the molecule is CCOC(=O)c1ccc(C[N+]2=Nc3cccc4cccc(c34)[N-]2)cc1. The van der Waals surface area contributed by atoms with Crippen LogP contribution in [-0.4, -0.2) is 17.4 Å². The van der Waals surface area contributed by atoms with Crippen LogP contribution in [0.25, 0.3) is 16.2 Å². The zero-order valence-electron chi connectivity index (χ0n) is 13.8. The van der Waals surface area contributed by atoms with E-state index in [2.05, 4.69) is 22.7 Å². The van der Waals surface area contributed by atoms with Gasteiger partial charge in [0, 0.05) is 16.9 Å². The summed E-state index contributed by atoms with van der Waals surface area (Å²) >= 11 is 0. The second-order valence-electron chi connectivity index (χ2n) is 5.80. The van der Waals surface area contributed by atoms with Crippen LogP contribution < -0.4 is 0 Å². The number of carbonyl (C=O) groups is 1. The summed E-state index contributed by atoms with van der Waals surface area (Å²) in [6.45, 7) is 2.70. The first-order valence-corrected chi connectivity index (χ1v) is 8.23. The highest BCUT2D eigenvalue weighted by molar-refractivity contribution is 6.02. The van der Waals surface area contributed by atoms with Crippen LogP contribution in [0.15, 0.2) is 65.8 Å². The molecular formula is C20H17N3O2. The van der Waals surface area contributed by atoms with Crippen molar-refractivity contribution in [3.05, 3.63) is 77.2 Å². The molecule has 0 N–H and O–H groups in total. The maximum Gasteiger partial charge on any atom is 0.338 e. The Morgan fingerprint density at radius 2 is 1.84 bits per heavy atom. The van der Waals surface area contributed by atoms with Crippen LogP contribution in [0.4, 0.5) is 11.4 Å². The van der Waals surface area contributed by atoms with Crippen LogP contribution in [0.1, 0.15) is 22.8 Å². The van der Waals surface area contributed by atoms with E-state index in [0.717, 1.165) is 27.7 Å². The lowest BCUT2D eigenvalue weighted by Gasteiger charge is -2.20. The van der Waals surface area contributed by atoms with Crippen LogP contribution in [-0.2, 0) is 11.3 Å². The Kier molecular flexibility index (Phi) is 3.90. The van der Waals surface area contributed by atoms with E-state index in [1.165, 1.54) is 0 Å². The second kappa shape index (κ2) is 6.36. The fraction of sp³-hybridized carbons (Fsp3) is 0.150. The molecule has 4 rings (SSSR count). The van der Waals surface area contributed by atoms with E-state index in [9.17, 15) is 4.79 Å². The summed E-state index contributed by atoms with van der Waals surface area (Å²) in [5, 5.41) is 6.84. The molecule has 0 spiro atoms. The van der Waals surface area contributed by atoms with Gasteiger partial charge in [0.05, 0.1) is 12.2 Å². The van der Waals surface area contributed by atoms with Crippen molar-refractivity contribution in [2.45, 2.75) is 13.5 Å². The van der Waals surface area contributed by atoms with E-state index >= 15 is 0 Å². The summed E-state index contributed by atoms with van der Waals surface area (Å²) in [5.74, 6) is -0.304. The average molecular weight is 331 g/mol. The summed E-state index contributed by atoms with van der Waals surface area (Å²) < 4.78 is 5.00. The molecule has 1 aliphatic heterocycles. The summed E-state index contributed by atoms with van der Waals surface area (Å²) in [7, 11) is 0. The minimum atomic E-state index is -0.304. The first-order valence-electron chi connectivity index (χ1n) is 8.23. The quantitative estimate of drug-likeness (QED) is 0.484. The van der Waals surface area contributed by atoms with Gasteiger partial charge in [0.25, 0.3) is 0 Å². The predicted molar refractivity (Wildman–Crippen MR) is 95.4 cm³/mol. The van der Waals surface area contributed by atoms with Crippen molar-refractivity contribution in [1.29, 1.82) is 0 Å². The summed E-state index contributed by atoms with van der Waals surface area (Å²) in [4.78, 5) is 13.4. The third-order valence-electron chi connectivity index (χ3n) is 4.10. The number of nitrogens with zero attached hydrogens (tertiary/aromatic N) is 3. The highest BCUT2D eigenvalue weighted by Crippen LogP contribution is 2.40. The molecule has 5 nitrogen and oxygen atoms in total. The molecule has 3 aromatic rings. The van der Waals surface area contributed by atoms with Gasteiger partial charge in [-0.3, -0.25) is 0 Å². The first-order chi connectivity index (χ1) is 12.2. The Hall–Kier alpha value is -3.21. The molecule has 0 amide bonds. The van der Waals surface area contributed by atoms with E-state index in [0.29, 0.717) is 18.7 Å². The zero-order chi connectivity index (χ0) is 17.2. The largest absolute Gasteiger partial charge is 0.462 e. The molecule has 3 aromatic carbocycles. The van der Waals surface area contributed by atoms with Gasteiger partial charge < -0.3 is 4.74 Å². The normalized spacial score (nSPS) is 12.4. The van der Waals surface area contributed by atoms with Gasteiger partial charge in [-0.05, 0) is 29.8 Å². The maximum atomic E-state index is 11.7. The fourth-order valence-corrected chi connectivity index (χ4v) is 2.93. The topological polar surface area (TPSA) is 55.8 Å². The highest BCUT2D eigenvalue weighted by atomic mass is 16.5. The molecule has 0 atom stereocenters. The Balaban J connectivity index is 1.59. The van der Waals surface area contributed by atoms with Gasteiger partial charge in [-0.1, -0.05) is 48.5 Å². The number of azo groups is 1. The number of ether oxygens (including phenoxy) is 1. The number of benzene rings is 3. The molecule has 25 heavy (non-hydrogen) atoms. The predicted octanol–water partition coefficient (Wildman–Crippen LogP) is 5.25. The van der Waals surface area contributed by atoms with Gasteiger partial charge >= 0.3 is 5.97 Å². The van der Waals surface area contributed by atoms with Crippen molar-refractivity contribution in [2.24, 2.45) is 5.11 Å². The van der Waals surface area contributed by atoms with E-state index in [1.807, 2.05) is 36.4 Å². The summed E-state index contributed by atoms with van der Waals surface area (Å²) in [6, 6.07) is 19.5. The van der Waals surface area contributed by atoms with E-state index in [1.54, 1.807) is 23.9 Å². The third kappa shape index (κ3) is 2.96. The van der Waals surface area contributed by atoms with E-state index in [-0.39, 0.29) is 5.97 Å². The van der Waals surface area contributed by atoms with E-state index < -0.39 is 0 Å². The fourth-order valence-electron chi connectivity index (χ4n) is 2.93. The van der Waals surface area contributed by atoms with Crippen LogP contribution in [0.2, 0.25) is 0 Å². The molecule has 0 unspecified atom stereocenters. The standard InChI is InChI=1S/C20H17N3O2/c1-2-25-20(24)16-11-9-14(10-12-16)13-23-21-17-7-3-5-15-6-4-8-18(22-23)19(15)17/h3-12H,2,13H2,1H3. The lowest BCUT2D eigenvalue weighted by atomic mass is 10.1. The van der Waals surface area contributed by atoms with Crippen molar-refractivity contribution >= 4 is 28.1 Å². The van der Waals surface area contributed by atoms with E-state index in [4.69, 9.17) is 4.74 Å². The molecule has 0 radical (unpaired) electrons. The Morgan fingerprint density at radius 1 is 1.08 bits per heavy atom. The molecule has 1 heterocycles. The lowest BCUT2D eigenvalue weighted by molar-refractivity contribution is -0.554. The van der Waals surface area contributed by atoms with Crippen molar-refractivity contribution in [1.82, 2.24) is 0 Å². The molecule has 0 fully saturated rings. The van der Waals surface area contributed by atoms with Gasteiger partial charge in [0.1, 0.15) is 0 Å². The molecule has 1 aliphatic rings. The molecule has 0 saturated heterocycles. The Labute approximate surface area is 145 Å². The van der Waals surface area contributed by atoms with Crippen molar-refractivity contribution in [3.8, 4) is 0 Å². The molecule has 0 aliphatic carbocycles. The van der Waals surface area contributed by atoms with Gasteiger partial charge in [-0.15, -0.1) is 0 Å². The molecule has 0 aromatic heterocycles. The smallest absolute Gasteiger partial charge is 0.338 e. The molecule has 124 valence electrons. The number of hydrogen-bond acceptors (Lipinski definition) is 3. The van der Waals surface area contributed by atoms with Crippen LogP contribution in [0, 0.1) is 0 Å². The zero-order valence-corrected chi connectivity index (χ0v) is 13.8. The molecule has 5 heteroatoms. The Bertz CT molecular complexity index is 973. The highest BCUT2D eigenvalue weighted by Gasteiger charge is 2.13. The second-order valence-corrected chi connectivity index (χ2v) is 5.80. The van der Waals surface area contributed by atoms with Gasteiger partial charge in [-0.25, -0.2) is 4.79 Å². The number of rotatable bonds is 4. The van der Waals surface area contributed by atoms with Crippen molar-refractivity contribution in [2.75, 3.05) is 6.61 Å². The lowest BCUT2D eigenvalue weighted by Crippen LogP contribution is -2.07. The summed E-state index contributed by atoms with van der Waals surface area (Å²) in [6.07, 6.45) is 0. The van der Waals surface area contributed by atoms with Gasteiger partial charge in [0.2, 0.25) is 0 Å². The molecular weight excluding hydrogens is 314 g/mol. The van der Waals surface area contributed by atoms with Crippen LogP contribution >= 0.6 is 0 Å². The third-order valence-corrected chi connectivity index (χ3v) is 4.10. The monoisotopic (exact) mass is 331 g/mol. The number of carbonyl (C=O) groups excluding carboxylic acids is 1. The number of esters is 1. The van der Waals surface area contributed by atoms with Crippen LogP contribution in [0.3, 0.4) is 0 Å². The van der Waals surface area contributed by atoms with Crippen molar-refractivity contribution in [3.63, 3.8) is 0 Å². The summed E-state index contributed by atoms with van der Waals surface area (Å²) in [5.41, 5.74) is 8.04. The molecule has 0 bridgehead atoms. The number of hydrogen-bond donors (Lipinski definition) is 0. The average Bonchev–Trinajstić information content (AvgIpc) is 2.63. The minimum Gasteiger partial charge on any atom is -0.462 e. The van der Waals surface area contributed by atoms with Crippen LogP contribution in [0.5, 0.6) is 0 Å². The Morgan fingerprint density at radius 3 is 2.60 bits per heavy atom. The minimum absolute atomic E-state index is 0.304. The molecule has 0 saturated carbocycles. The first kappa shape index (κ1) is 15.3. The van der Waals surface area contributed by atoms with Gasteiger partial charge in [0.15, 0.2) is 6.54 Å². The van der Waals surface area contributed by atoms with Crippen molar-refractivity contribution < 1.29 is 14.3 Å². The maximum absolute atomic E-state index is 11.7.